The molecule has 3 rings (SSSR count). The average Bonchev–Trinajstić information content (AvgIpc) is 2.69. The van der Waals surface area contributed by atoms with Gasteiger partial charge < -0.3 is 29.9 Å². The lowest BCUT2D eigenvalue weighted by atomic mass is 9.84. The molecule has 1 fully saturated rings. The zero-order valence-corrected chi connectivity index (χ0v) is 14.3. The van der Waals surface area contributed by atoms with E-state index in [1.54, 1.807) is 0 Å². The van der Waals surface area contributed by atoms with Crippen LogP contribution in [0.25, 0.3) is 0 Å². The fraction of sp³-hybridized carbons (Fsp3) is 0.400. The quantitative estimate of drug-likeness (QED) is 0.603. The number of benzene rings is 2. The lowest BCUT2D eigenvalue weighted by Gasteiger charge is -2.43. The van der Waals surface area contributed by atoms with E-state index in [4.69, 9.17) is 9.47 Å². The van der Waals surface area contributed by atoms with Crippen LogP contribution in [0, 0.1) is 0 Å². The number of aliphatic hydroxyl groups excluding tert-OH is 4. The predicted molar refractivity (Wildman–Crippen MR) is 94.1 cm³/mol. The minimum atomic E-state index is -1.51. The van der Waals surface area contributed by atoms with Crippen molar-refractivity contribution in [1.29, 1.82) is 0 Å². The Kier molecular flexibility index (Phi) is 6.37. The van der Waals surface area contributed by atoms with Gasteiger partial charge in [-0.15, -0.1) is 0 Å². The summed E-state index contributed by atoms with van der Waals surface area (Å²) in [5.41, 5.74) is 1.77. The molecule has 6 nitrogen and oxygen atoms in total. The molecule has 0 radical (unpaired) electrons. The summed E-state index contributed by atoms with van der Waals surface area (Å²) < 4.78 is 11.5. The van der Waals surface area contributed by atoms with Gasteiger partial charge in [-0.05, 0) is 11.1 Å². The first-order chi connectivity index (χ1) is 12.6. The Balaban J connectivity index is 1.72. The van der Waals surface area contributed by atoms with Gasteiger partial charge in [-0.2, -0.15) is 0 Å². The van der Waals surface area contributed by atoms with E-state index >= 15 is 0 Å². The lowest BCUT2D eigenvalue weighted by Crippen LogP contribution is -2.64. The lowest BCUT2D eigenvalue weighted by molar-refractivity contribution is -0.251. The molecule has 0 aromatic heterocycles. The van der Waals surface area contributed by atoms with Crippen molar-refractivity contribution >= 4 is 0 Å². The third kappa shape index (κ3) is 4.29. The van der Waals surface area contributed by atoms with Crippen LogP contribution in [0.5, 0.6) is 0 Å². The van der Waals surface area contributed by atoms with Crippen molar-refractivity contribution in [2.24, 2.45) is 0 Å². The van der Waals surface area contributed by atoms with Crippen molar-refractivity contribution in [1.82, 2.24) is 0 Å². The highest BCUT2D eigenvalue weighted by Crippen LogP contribution is 2.27. The summed E-state index contributed by atoms with van der Waals surface area (Å²) in [6.45, 7) is 0.368. The van der Waals surface area contributed by atoms with Gasteiger partial charge in [-0.1, -0.05) is 60.7 Å². The summed E-state index contributed by atoms with van der Waals surface area (Å²) in [5, 5.41) is 40.7. The summed E-state index contributed by atoms with van der Waals surface area (Å²) in [4.78, 5) is 0. The molecular formula is C20H24O6. The van der Waals surface area contributed by atoms with Crippen LogP contribution in [0.1, 0.15) is 11.1 Å². The third-order valence-electron chi connectivity index (χ3n) is 4.62. The fourth-order valence-corrected chi connectivity index (χ4v) is 3.10. The molecule has 0 bridgehead atoms. The normalized spacial score (nSPS) is 31.7. The zero-order chi connectivity index (χ0) is 18.5. The molecule has 1 aliphatic rings. The first kappa shape index (κ1) is 19.0. The number of aliphatic hydroxyl groups is 4. The van der Waals surface area contributed by atoms with Crippen LogP contribution in [0.3, 0.4) is 0 Å². The van der Waals surface area contributed by atoms with Gasteiger partial charge in [0.15, 0.2) is 0 Å². The van der Waals surface area contributed by atoms with E-state index < -0.39 is 36.6 Å². The van der Waals surface area contributed by atoms with Crippen molar-refractivity contribution in [2.75, 3.05) is 0 Å². The van der Waals surface area contributed by atoms with E-state index in [1.165, 1.54) is 0 Å². The number of ether oxygens (including phenoxy) is 2. The molecule has 1 saturated carbocycles. The van der Waals surface area contributed by atoms with E-state index in [0.29, 0.717) is 0 Å². The Bertz CT molecular complexity index is 605. The van der Waals surface area contributed by atoms with E-state index in [9.17, 15) is 20.4 Å². The van der Waals surface area contributed by atoms with Gasteiger partial charge in [0.1, 0.15) is 36.6 Å². The SMILES string of the molecule is O[C@H]1[C@H](O)[C@@H](O)[C@@H](OCc2ccccc2)[C@H](OCc2ccccc2)[C@@H]1O. The molecule has 0 heterocycles. The number of hydrogen-bond donors (Lipinski definition) is 4. The molecule has 0 spiro atoms. The summed E-state index contributed by atoms with van der Waals surface area (Å²) >= 11 is 0. The highest BCUT2D eigenvalue weighted by molar-refractivity contribution is 5.15. The highest BCUT2D eigenvalue weighted by Gasteiger charge is 2.50. The van der Waals surface area contributed by atoms with Crippen molar-refractivity contribution < 1.29 is 29.9 Å². The monoisotopic (exact) mass is 360 g/mol. The van der Waals surface area contributed by atoms with E-state index in [0.717, 1.165) is 11.1 Å². The first-order valence-electron chi connectivity index (χ1n) is 8.61. The molecular weight excluding hydrogens is 336 g/mol. The maximum Gasteiger partial charge on any atom is 0.115 e. The van der Waals surface area contributed by atoms with Crippen LogP contribution < -0.4 is 0 Å². The van der Waals surface area contributed by atoms with Crippen LogP contribution in [-0.2, 0) is 22.7 Å². The molecule has 0 aliphatic heterocycles. The molecule has 4 N–H and O–H groups in total. The molecule has 0 amide bonds. The van der Waals surface area contributed by atoms with E-state index in [-0.39, 0.29) is 13.2 Å². The molecule has 2 aromatic rings. The Morgan fingerprint density at radius 1 is 0.538 bits per heavy atom. The summed E-state index contributed by atoms with van der Waals surface area (Å²) in [6, 6.07) is 18.7. The van der Waals surface area contributed by atoms with Gasteiger partial charge >= 0.3 is 0 Å². The van der Waals surface area contributed by atoms with Crippen LogP contribution >= 0.6 is 0 Å². The van der Waals surface area contributed by atoms with Crippen LogP contribution in [0.2, 0.25) is 0 Å². The van der Waals surface area contributed by atoms with Gasteiger partial charge in [0.25, 0.3) is 0 Å². The Labute approximate surface area is 152 Å². The van der Waals surface area contributed by atoms with E-state index in [2.05, 4.69) is 0 Å². The fourth-order valence-electron chi connectivity index (χ4n) is 3.10. The van der Waals surface area contributed by atoms with Gasteiger partial charge in [-0.3, -0.25) is 0 Å². The summed E-state index contributed by atoms with van der Waals surface area (Å²) in [5.74, 6) is 0. The van der Waals surface area contributed by atoms with Crippen molar-refractivity contribution in [3.63, 3.8) is 0 Å². The van der Waals surface area contributed by atoms with E-state index in [1.807, 2.05) is 60.7 Å². The molecule has 26 heavy (non-hydrogen) atoms. The molecule has 140 valence electrons. The molecule has 6 atom stereocenters. The van der Waals surface area contributed by atoms with Gasteiger partial charge in [0.05, 0.1) is 13.2 Å². The van der Waals surface area contributed by atoms with Crippen molar-refractivity contribution in [2.45, 2.75) is 49.8 Å². The van der Waals surface area contributed by atoms with Crippen LogP contribution in [0.15, 0.2) is 60.7 Å². The Morgan fingerprint density at radius 2 is 0.885 bits per heavy atom. The minimum absolute atomic E-state index is 0.184. The Morgan fingerprint density at radius 3 is 1.23 bits per heavy atom. The summed E-state index contributed by atoms with van der Waals surface area (Å²) in [6.07, 6.45) is -7.74. The topological polar surface area (TPSA) is 99.4 Å². The first-order valence-corrected chi connectivity index (χ1v) is 8.61. The Hall–Kier alpha value is -1.80. The molecule has 2 aromatic carbocycles. The smallest absolute Gasteiger partial charge is 0.115 e. The van der Waals surface area contributed by atoms with Crippen LogP contribution in [0.4, 0.5) is 0 Å². The second kappa shape index (κ2) is 8.73. The maximum absolute atomic E-state index is 10.3. The van der Waals surface area contributed by atoms with Gasteiger partial charge in [0.2, 0.25) is 0 Å². The second-order valence-electron chi connectivity index (χ2n) is 6.48. The van der Waals surface area contributed by atoms with Crippen molar-refractivity contribution in [3.05, 3.63) is 71.8 Å². The molecule has 1 aliphatic carbocycles. The molecule has 0 unspecified atom stereocenters. The molecule has 0 saturated heterocycles. The second-order valence-corrected chi connectivity index (χ2v) is 6.48. The highest BCUT2D eigenvalue weighted by atomic mass is 16.6. The standard InChI is InChI=1S/C20H24O6/c21-15-16(22)18(24)20(26-12-14-9-5-2-6-10-14)19(17(15)23)25-11-13-7-3-1-4-8-13/h1-10,15-24H,11-12H2/t15-,16-,17+,18+,19+,20+/m0/s1. The van der Waals surface area contributed by atoms with Crippen LogP contribution in [-0.4, -0.2) is 57.0 Å². The molecule has 6 heteroatoms. The third-order valence-corrected chi connectivity index (χ3v) is 4.62. The number of hydrogen-bond acceptors (Lipinski definition) is 6. The minimum Gasteiger partial charge on any atom is -0.387 e. The summed E-state index contributed by atoms with van der Waals surface area (Å²) in [7, 11) is 0. The van der Waals surface area contributed by atoms with Crippen molar-refractivity contribution in [3.8, 4) is 0 Å². The largest absolute Gasteiger partial charge is 0.387 e. The average molecular weight is 360 g/mol. The van der Waals surface area contributed by atoms with Gasteiger partial charge in [0, 0.05) is 0 Å². The predicted octanol–water partition coefficient (Wildman–Crippen LogP) is 0.614. The van der Waals surface area contributed by atoms with Gasteiger partial charge in [-0.25, -0.2) is 0 Å². The maximum atomic E-state index is 10.3. The number of rotatable bonds is 6. The zero-order valence-electron chi connectivity index (χ0n) is 14.3.